The van der Waals surface area contributed by atoms with Crippen LogP contribution in [0, 0.1) is 0 Å². The Morgan fingerprint density at radius 1 is 0.966 bits per heavy atom. The fourth-order valence-corrected chi connectivity index (χ4v) is 3.93. The van der Waals surface area contributed by atoms with E-state index < -0.39 is 0 Å². The van der Waals surface area contributed by atoms with Crippen LogP contribution in [0.15, 0.2) is 57.7 Å². The predicted molar refractivity (Wildman–Crippen MR) is 115 cm³/mol. The van der Waals surface area contributed by atoms with Gasteiger partial charge >= 0.3 is 5.76 Å². The lowest BCUT2D eigenvalue weighted by molar-refractivity contribution is -0.116. The summed E-state index contributed by atoms with van der Waals surface area (Å²) in [7, 11) is 0. The van der Waals surface area contributed by atoms with Crippen LogP contribution in [-0.4, -0.2) is 23.6 Å². The van der Waals surface area contributed by atoms with Crippen LogP contribution in [-0.2, 0) is 11.3 Å². The molecule has 0 spiro atoms. The van der Waals surface area contributed by atoms with Crippen LogP contribution in [0.1, 0.15) is 38.5 Å². The van der Waals surface area contributed by atoms with Gasteiger partial charge in [-0.05, 0) is 55.7 Å². The highest BCUT2D eigenvalue weighted by molar-refractivity contribution is 5.90. The molecule has 1 N–H and O–H groups in total. The normalized spacial score (nSPS) is 14.7. The first-order valence-corrected chi connectivity index (χ1v) is 10.4. The highest BCUT2D eigenvalue weighted by Gasteiger charge is 2.11. The number of para-hydroxylation sites is 2. The van der Waals surface area contributed by atoms with Crippen LogP contribution in [0.5, 0.6) is 0 Å². The lowest BCUT2D eigenvalue weighted by atomic mass is 10.2. The predicted octanol–water partition coefficient (Wildman–Crippen LogP) is 4.39. The van der Waals surface area contributed by atoms with E-state index in [2.05, 4.69) is 22.3 Å². The lowest BCUT2D eigenvalue weighted by Gasteiger charge is -2.22. The molecule has 4 rings (SSSR count). The monoisotopic (exact) mass is 393 g/mol. The van der Waals surface area contributed by atoms with Crippen molar-refractivity contribution in [3.05, 3.63) is 59.1 Å². The summed E-state index contributed by atoms with van der Waals surface area (Å²) in [6, 6.07) is 15.4. The van der Waals surface area contributed by atoms with E-state index in [-0.39, 0.29) is 11.7 Å². The number of benzene rings is 2. The Bertz CT molecular complexity index is 1010. The Morgan fingerprint density at radius 2 is 1.69 bits per heavy atom. The second kappa shape index (κ2) is 8.99. The van der Waals surface area contributed by atoms with Crippen molar-refractivity contribution in [1.82, 2.24) is 4.57 Å². The van der Waals surface area contributed by atoms with Crippen molar-refractivity contribution in [3.8, 4) is 0 Å². The van der Waals surface area contributed by atoms with Crippen molar-refractivity contribution in [2.45, 2.75) is 45.1 Å². The summed E-state index contributed by atoms with van der Waals surface area (Å²) in [5.41, 5.74) is 3.36. The Labute approximate surface area is 170 Å². The van der Waals surface area contributed by atoms with Gasteiger partial charge in [0.1, 0.15) is 0 Å². The summed E-state index contributed by atoms with van der Waals surface area (Å²) < 4.78 is 6.81. The summed E-state index contributed by atoms with van der Waals surface area (Å²) in [5, 5.41) is 2.95. The number of anilines is 2. The molecule has 3 aromatic rings. The standard InChI is InChI=1S/C23H27N3O3/c27-22(10-7-17-26-20-8-3-4-9-21(20)29-23(26)28)24-18-11-13-19(14-12-18)25-15-5-1-2-6-16-25/h3-4,8-9,11-14H,1-2,5-7,10,15-17H2,(H,24,27). The van der Waals surface area contributed by atoms with Crippen molar-refractivity contribution in [3.63, 3.8) is 0 Å². The van der Waals surface area contributed by atoms with Gasteiger partial charge in [-0.2, -0.15) is 0 Å². The van der Waals surface area contributed by atoms with Gasteiger partial charge in [-0.15, -0.1) is 0 Å². The van der Waals surface area contributed by atoms with E-state index in [1.807, 2.05) is 30.3 Å². The molecule has 0 bridgehead atoms. The smallest absolute Gasteiger partial charge is 0.408 e. The van der Waals surface area contributed by atoms with Gasteiger partial charge < -0.3 is 14.6 Å². The van der Waals surface area contributed by atoms with Gasteiger partial charge in [-0.3, -0.25) is 9.36 Å². The maximum Gasteiger partial charge on any atom is 0.419 e. The zero-order valence-corrected chi connectivity index (χ0v) is 16.6. The first-order chi connectivity index (χ1) is 14.2. The maximum atomic E-state index is 12.3. The molecule has 1 amide bonds. The molecule has 0 atom stereocenters. The van der Waals surface area contributed by atoms with E-state index in [1.165, 1.54) is 31.4 Å². The number of carbonyl (C=O) groups excluding carboxylic acids is 1. The second-order valence-corrected chi connectivity index (χ2v) is 7.59. The fraction of sp³-hybridized carbons (Fsp3) is 0.391. The summed E-state index contributed by atoms with van der Waals surface area (Å²) in [6.07, 6.45) is 6.03. The number of nitrogens with zero attached hydrogens (tertiary/aromatic N) is 2. The molecule has 2 aromatic carbocycles. The van der Waals surface area contributed by atoms with E-state index in [9.17, 15) is 9.59 Å². The quantitative estimate of drug-likeness (QED) is 0.674. The number of nitrogens with one attached hydrogen (secondary N) is 1. The molecule has 152 valence electrons. The number of amides is 1. The Hall–Kier alpha value is -3.02. The maximum absolute atomic E-state index is 12.3. The Balaban J connectivity index is 1.29. The first kappa shape index (κ1) is 19.3. The molecule has 29 heavy (non-hydrogen) atoms. The van der Waals surface area contributed by atoms with E-state index in [0.717, 1.165) is 24.3 Å². The number of aromatic nitrogens is 1. The molecule has 6 nitrogen and oxygen atoms in total. The van der Waals surface area contributed by atoms with Gasteiger partial charge in [0.25, 0.3) is 0 Å². The Morgan fingerprint density at radius 3 is 2.45 bits per heavy atom. The molecule has 0 radical (unpaired) electrons. The number of fused-ring (bicyclic) bond motifs is 1. The molecule has 1 aromatic heterocycles. The van der Waals surface area contributed by atoms with Crippen molar-refractivity contribution < 1.29 is 9.21 Å². The van der Waals surface area contributed by atoms with Crippen LogP contribution in [0.25, 0.3) is 11.1 Å². The van der Waals surface area contributed by atoms with E-state index in [4.69, 9.17) is 4.42 Å². The number of oxazole rings is 1. The molecule has 6 heteroatoms. The Kier molecular flexibility index (Phi) is 5.98. The van der Waals surface area contributed by atoms with Crippen molar-refractivity contribution in [1.29, 1.82) is 0 Å². The van der Waals surface area contributed by atoms with Gasteiger partial charge in [0.05, 0.1) is 5.52 Å². The summed E-state index contributed by atoms with van der Waals surface area (Å²) in [6.45, 7) is 2.67. The lowest BCUT2D eigenvalue weighted by Crippen LogP contribution is -2.23. The van der Waals surface area contributed by atoms with Crippen molar-refractivity contribution in [2.24, 2.45) is 0 Å². The van der Waals surface area contributed by atoms with Crippen LogP contribution in [0.2, 0.25) is 0 Å². The van der Waals surface area contributed by atoms with Gasteiger partial charge in [0.2, 0.25) is 5.91 Å². The van der Waals surface area contributed by atoms with Crippen molar-refractivity contribution in [2.75, 3.05) is 23.3 Å². The highest BCUT2D eigenvalue weighted by atomic mass is 16.4. The molecule has 1 fully saturated rings. The minimum atomic E-state index is -0.379. The minimum Gasteiger partial charge on any atom is -0.408 e. The van der Waals surface area contributed by atoms with Crippen LogP contribution >= 0.6 is 0 Å². The van der Waals surface area contributed by atoms with Crippen LogP contribution < -0.4 is 16.0 Å². The number of aryl methyl sites for hydroxylation is 1. The molecule has 1 aliphatic heterocycles. The highest BCUT2D eigenvalue weighted by Crippen LogP contribution is 2.21. The number of carbonyl (C=O) groups is 1. The molecule has 0 aliphatic carbocycles. The average molecular weight is 393 g/mol. The largest absolute Gasteiger partial charge is 0.419 e. The third kappa shape index (κ3) is 4.70. The third-order valence-electron chi connectivity index (χ3n) is 5.48. The van der Waals surface area contributed by atoms with Gasteiger partial charge in [-0.25, -0.2) is 4.79 Å². The minimum absolute atomic E-state index is 0.0478. The number of hydrogen-bond acceptors (Lipinski definition) is 4. The summed E-state index contributed by atoms with van der Waals surface area (Å²) >= 11 is 0. The molecule has 2 heterocycles. The second-order valence-electron chi connectivity index (χ2n) is 7.59. The topological polar surface area (TPSA) is 67.5 Å². The van der Waals surface area contributed by atoms with Gasteiger partial charge in [-0.1, -0.05) is 25.0 Å². The van der Waals surface area contributed by atoms with Crippen LogP contribution in [0.4, 0.5) is 11.4 Å². The molecule has 1 saturated heterocycles. The SMILES string of the molecule is O=C(CCCn1c(=O)oc2ccccc21)Nc1ccc(N2CCCCCC2)cc1. The molecular formula is C23H27N3O3. The number of hydrogen-bond donors (Lipinski definition) is 1. The molecule has 1 aliphatic rings. The third-order valence-corrected chi connectivity index (χ3v) is 5.48. The first-order valence-electron chi connectivity index (χ1n) is 10.4. The number of rotatable bonds is 6. The zero-order chi connectivity index (χ0) is 20.1. The average Bonchev–Trinajstić information content (AvgIpc) is 2.89. The molecule has 0 saturated carbocycles. The molecule has 0 unspecified atom stereocenters. The summed E-state index contributed by atoms with van der Waals surface area (Å²) in [5.74, 6) is -0.427. The van der Waals surface area contributed by atoms with Crippen LogP contribution in [0.3, 0.4) is 0 Å². The van der Waals surface area contributed by atoms with Crippen molar-refractivity contribution >= 4 is 28.4 Å². The fourth-order valence-electron chi connectivity index (χ4n) is 3.93. The van der Waals surface area contributed by atoms with E-state index in [0.29, 0.717) is 25.0 Å². The molecular weight excluding hydrogens is 366 g/mol. The summed E-state index contributed by atoms with van der Waals surface area (Å²) in [4.78, 5) is 26.7. The van der Waals surface area contributed by atoms with E-state index in [1.54, 1.807) is 10.6 Å². The van der Waals surface area contributed by atoms with Gasteiger partial charge in [0.15, 0.2) is 5.58 Å². The zero-order valence-electron chi connectivity index (χ0n) is 16.6. The van der Waals surface area contributed by atoms with Gasteiger partial charge in [0, 0.05) is 37.4 Å². The van der Waals surface area contributed by atoms with E-state index >= 15 is 0 Å².